The molecule has 0 radical (unpaired) electrons. The largest absolute Gasteiger partial charge is 0.301 e. The summed E-state index contributed by atoms with van der Waals surface area (Å²) in [5.41, 5.74) is 3.02. The molecule has 2 rings (SSSR count). The lowest BCUT2D eigenvalue weighted by molar-refractivity contribution is -0.114. The minimum absolute atomic E-state index is 0.150. The highest BCUT2D eigenvalue weighted by atomic mass is 32.2. The zero-order valence-electron chi connectivity index (χ0n) is 13.2. The molecule has 1 amide bonds. The number of carbonyl (C=O) groups is 1. The van der Waals surface area contributed by atoms with Gasteiger partial charge in [0.2, 0.25) is 15.4 Å². The number of nitrogens with zero attached hydrogens (tertiary/aromatic N) is 2. The quantitative estimate of drug-likeness (QED) is 0.801. The summed E-state index contributed by atoms with van der Waals surface area (Å²) in [7, 11) is -3.81. The van der Waals surface area contributed by atoms with Crippen molar-refractivity contribution in [2.45, 2.75) is 38.1 Å². The molecule has 0 bridgehead atoms. The number of sulfonamides is 1. The number of amides is 1. The average Bonchev–Trinajstić information content (AvgIpc) is 2.86. The minimum Gasteiger partial charge on any atom is -0.301 e. The highest BCUT2D eigenvalue weighted by Gasteiger charge is 2.24. The molecule has 1 heterocycles. The SMILES string of the molecule is CC(=O)Nc1nnc(S(=O)(=O)NC(C)c2ccc(C)cc2C)s1. The Morgan fingerprint density at radius 3 is 2.57 bits per heavy atom. The molecule has 1 aromatic heterocycles. The third-order valence-electron chi connectivity index (χ3n) is 3.14. The summed E-state index contributed by atoms with van der Waals surface area (Å²) in [6.07, 6.45) is 0. The number of nitrogens with one attached hydrogen (secondary N) is 2. The van der Waals surface area contributed by atoms with Crippen LogP contribution in [0.15, 0.2) is 22.5 Å². The molecule has 0 spiro atoms. The summed E-state index contributed by atoms with van der Waals surface area (Å²) in [6.45, 7) is 7.00. The Bertz CT molecular complexity index is 830. The van der Waals surface area contributed by atoms with Crippen LogP contribution < -0.4 is 10.0 Å². The molecule has 0 aliphatic carbocycles. The maximum atomic E-state index is 12.4. The number of carbonyl (C=O) groups excluding carboxylic acids is 1. The van der Waals surface area contributed by atoms with Gasteiger partial charge in [-0.15, -0.1) is 10.2 Å². The van der Waals surface area contributed by atoms with Crippen LogP contribution >= 0.6 is 11.3 Å². The van der Waals surface area contributed by atoms with E-state index >= 15 is 0 Å². The molecule has 9 heteroatoms. The van der Waals surface area contributed by atoms with Gasteiger partial charge in [0.1, 0.15) is 0 Å². The maximum absolute atomic E-state index is 12.4. The molecule has 1 atom stereocenters. The van der Waals surface area contributed by atoms with Gasteiger partial charge in [-0.1, -0.05) is 35.1 Å². The Balaban J connectivity index is 2.20. The van der Waals surface area contributed by atoms with Crippen LogP contribution in [0.25, 0.3) is 0 Å². The number of anilines is 1. The summed E-state index contributed by atoms with van der Waals surface area (Å²) in [4.78, 5) is 11.0. The Labute approximate surface area is 139 Å². The first-order valence-corrected chi connectivity index (χ1v) is 9.19. The van der Waals surface area contributed by atoms with Crippen molar-refractivity contribution >= 4 is 32.4 Å². The monoisotopic (exact) mass is 354 g/mol. The molecule has 0 fully saturated rings. The van der Waals surface area contributed by atoms with Crippen molar-refractivity contribution in [2.75, 3.05) is 5.32 Å². The van der Waals surface area contributed by atoms with E-state index in [1.165, 1.54) is 6.92 Å². The van der Waals surface area contributed by atoms with Crippen LogP contribution in [0.4, 0.5) is 5.13 Å². The highest BCUT2D eigenvalue weighted by Crippen LogP contribution is 2.24. The number of aromatic nitrogens is 2. The third-order valence-corrected chi connectivity index (χ3v) is 5.89. The fraction of sp³-hybridized carbons (Fsp3) is 0.357. The van der Waals surface area contributed by atoms with Crippen molar-refractivity contribution in [3.63, 3.8) is 0 Å². The van der Waals surface area contributed by atoms with Gasteiger partial charge in [-0.3, -0.25) is 4.79 Å². The first-order valence-electron chi connectivity index (χ1n) is 6.89. The van der Waals surface area contributed by atoms with Gasteiger partial charge in [0, 0.05) is 13.0 Å². The van der Waals surface area contributed by atoms with Crippen molar-refractivity contribution in [2.24, 2.45) is 0 Å². The van der Waals surface area contributed by atoms with Crippen molar-refractivity contribution in [1.29, 1.82) is 0 Å². The fourth-order valence-electron chi connectivity index (χ4n) is 2.18. The smallest absolute Gasteiger partial charge is 0.270 e. The maximum Gasteiger partial charge on any atom is 0.270 e. The van der Waals surface area contributed by atoms with Crippen LogP contribution in [0.1, 0.15) is 36.6 Å². The van der Waals surface area contributed by atoms with Crippen LogP contribution in [0.5, 0.6) is 0 Å². The van der Waals surface area contributed by atoms with E-state index in [0.29, 0.717) is 0 Å². The van der Waals surface area contributed by atoms with E-state index in [0.717, 1.165) is 28.0 Å². The molecule has 1 aromatic carbocycles. The molecule has 1 unspecified atom stereocenters. The van der Waals surface area contributed by atoms with Gasteiger partial charge in [0.25, 0.3) is 10.0 Å². The highest BCUT2D eigenvalue weighted by molar-refractivity contribution is 7.91. The Morgan fingerprint density at radius 2 is 1.96 bits per heavy atom. The minimum atomic E-state index is -3.81. The van der Waals surface area contributed by atoms with Crippen LogP contribution in [-0.4, -0.2) is 24.5 Å². The third kappa shape index (κ3) is 4.34. The van der Waals surface area contributed by atoms with Crippen molar-refractivity contribution in [3.05, 3.63) is 34.9 Å². The molecule has 124 valence electrons. The van der Waals surface area contributed by atoms with Gasteiger partial charge < -0.3 is 5.32 Å². The number of benzene rings is 1. The predicted molar refractivity (Wildman–Crippen MR) is 88.9 cm³/mol. The summed E-state index contributed by atoms with van der Waals surface area (Å²) < 4.78 is 27.2. The molecule has 2 aromatic rings. The molecule has 23 heavy (non-hydrogen) atoms. The predicted octanol–water partition coefficient (Wildman–Crippen LogP) is 2.15. The van der Waals surface area contributed by atoms with Gasteiger partial charge in [0.15, 0.2) is 0 Å². The average molecular weight is 354 g/mol. The van der Waals surface area contributed by atoms with Crippen molar-refractivity contribution in [1.82, 2.24) is 14.9 Å². The number of hydrogen-bond acceptors (Lipinski definition) is 6. The summed E-state index contributed by atoms with van der Waals surface area (Å²) in [5.74, 6) is -0.332. The standard InChI is InChI=1S/C14H18N4O3S2/c1-8-5-6-12(9(2)7-8)10(3)18-23(20,21)14-17-16-13(22-14)15-11(4)19/h5-7,10,18H,1-4H3,(H,15,16,19). The van der Waals surface area contributed by atoms with Gasteiger partial charge in [0.05, 0.1) is 0 Å². The van der Waals surface area contributed by atoms with E-state index in [1.807, 2.05) is 32.0 Å². The lowest BCUT2D eigenvalue weighted by atomic mass is 10.0. The van der Waals surface area contributed by atoms with Crippen LogP contribution in [0, 0.1) is 13.8 Å². The van der Waals surface area contributed by atoms with E-state index in [9.17, 15) is 13.2 Å². The molecule has 0 saturated heterocycles. The van der Waals surface area contributed by atoms with E-state index in [4.69, 9.17) is 0 Å². The lowest BCUT2D eigenvalue weighted by Crippen LogP contribution is -2.27. The Hall–Kier alpha value is -1.84. The number of aryl methyl sites for hydroxylation is 2. The number of rotatable bonds is 5. The lowest BCUT2D eigenvalue weighted by Gasteiger charge is -2.16. The van der Waals surface area contributed by atoms with Gasteiger partial charge in [-0.05, 0) is 31.9 Å². The molecular formula is C14H18N4O3S2. The van der Waals surface area contributed by atoms with Gasteiger partial charge >= 0.3 is 0 Å². The molecule has 2 N–H and O–H groups in total. The van der Waals surface area contributed by atoms with E-state index in [2.05, 4.69) is 20.2 Å². The first-order chi connectivity index (χ1) is 10.7. The summed E-state index contributed by atoms with van der Waals surface area (Å²) in [5, 5.41) is 9.84. The number of hydrogen-bond donors (Lipinski definition) is 2. The normalized spacial score (nSPS) is 12.9. The molecular weight excluding hydrogens is 336 g/mol. The first kappa shape index (κ1) is 17.5. The second-order valence-electron chi connectivity index (χ2n) is 5.26. The molecule has 0 aliphatic heterocycles. The zero-order chi connectivity index (χ0) is 17.2. The zero-order valence-corrected chi connectivity index (χ0v) is 14.9. The topological polar surface area (TPSA) is 101 Å². The van der Waals surface area contributed by atoms with Gasteiger partial charge in [-0.2, -0.15) is 0 Å². The summed E-state index contributed by atoms with van der Waals surface area (Å²) in [6, 6.07) is 5.43. The Morgan fingerprint density at radius 1 is 1.26 bits per heavy atom. The van der Waals surface area contributed by atoms with E-state index in [-0.39, 0.29) is 15.4 Å². The van der Waals surface area contributed by atoms with Crippen LogP contribution in [-0.2, 0) is 14.8 Å². The molecule has 7 nitrogen and oxygen atoms in total. The fourth-order valence-corrected chi connectivity index (χ4v) is 4.36. The molecule has 0 aliphatic rings. The van der Waals surface area contributed by atoms with E-state index in [1.54, 1.807) is 6.92 Å². The second-order valence-corrected chi connectivity index (χ2v) is 8.12. The Kier molecular flexibility index (Phi) is 5.12. The van der Waals surface area contributed by atoms with Gasteiger partial charge in [-0.25, -0.2) is 13.1 Å². The van der Waals surface area contributed by atoms with Crippen LogP contribution in [0.2, 0.25) is 0 Å². The second kappa shape index (κ2) is 6.73. The molecule has 0 saturated carbocycles. The van der Waals surface area contributed by atoms with Crippen LogP contribution in [0.3, 0.4) is 0 Å². The van der Waals surface area contributed by atoms with Crippen molar-refractivity contribution in [3.8, 4) is 0 Å². The summed E-state index contributed by atoms with van der Waals surface area (Å²) >= 11 is 0.807. The van der Waals surface area contributed by atoms with E-state index < -0.39 is 16.1 Å². The van der Waals surface area contributed by atoms with Crippen molar-refractivity contribution < 1.29 is 13.2 Å².